The number of anilines is 1. The second-order valence-electron chi connectivity index (χ2n) is 4.18. The molecule has 0 aliphatic rings. The van der Waals surface area contributed by atoms with Gasteiger partial charge in [0.25, 0.3) is 0 Å². The van der Waals surface area contributed by atoms with Gasteiger partial charge in [-0.15, -0.1) is 0 Å². The van der Waals surface area contributed by atoms with Gasteiger partial charge in [-0.2, -0.15) is 0 Å². The summed E-state index contributed by atoms with van der Waals surface area (Å²) in [7, 11) is 0. The number of nitrogen functional groups attached to an aromatic ring is 1. The van der Waals surface area contributed by atoms with E-state index in [2.05, 4.69) is 0 Å². The maximum absolute atomic E-state index is 9.62. The highest BCUT2D eigenvalue weighted by Crippen LogP contribution is 2.37. The number of phenolic OH excluding ortho intramolecular Hbond substituents is 2. The van der Waals surface area contributed by atoms with Gasteiger partial charge in [0.05, 0.1) is 5.69 Å². The first-order valence-corrected chi connectivity index (χ1v) is 4.14. The van der Waals surface area contributed by atoms with Gasteiger partial charge in [-0.1, -0.05) is 20.8 Å². The molecule has 3 nitrogen and oxygen atoms in total. The molecule has 1 aromatic carbocycles. The summed E-state index contributed by atoms with van der Waals surface area (Å²) in [5.74, 6) is 0.144. The van der Waals surface area contributed by atoms with Crippen LogP contribution < -0.4 is 5.73 Å². The highest BCUT2D eigenvalue weighted by molar-refractivity contribution is 5.61. The van der Waals surface area contributed by atoms with Crippen molar-refractivity contribution in [3.63, 3.8) is 0 Å². The SMILES string of the molecule is CC(C)(C)c1cc(O)cc(N)c1O. The van der Waals surface area contributed by atoms with Crippen LogP contribution in [-0.2, 0) is 5.41 Å². The minimum atomic E-state index is -0.225. The first kappa shape index (κ1) is 9.71. The molecule has 0 aliphatic carbocycles. The maximum Gasteiger partial charge on any atom is 0.142 e. The molecule has 0 spiro atoms. The lowest BCUT2D eigenvalue weighted by molar-refractivity contribution is 0.438. The molecule has 0 aromatic heterocycles. The molecular formula is C10H15NO2. The second kappa shape index (κ2) is 2.83. The summed E-state index contributed by atoms with van der Waals surface area (Å²) in [5, 5.41) is 18.9. The number of hydrogen-bond acceptors (Lipinski definition) is 3. The Balaban J connectivity index is 3.37. The van der Waals surface area contributed by atoms with E-state index in [1.54, 1.807) is 0 Å². The van der Waals surface area contributed by atoms with Crippen molar-refractivity contribution in [2.24, 2.45) is 0 Å². The fourth-order valence-corrected chi connectivity index (χ4v) is 1.21. The van der Waals surface area contributed by atoms with Crippen molar-refractivity contribution in [3.05, 3.63) is 17.7 Å². The summed E-state index contributed by atoms with van der Waals surface area (Å²) < 4.78 is 0. The molecule has 0 atom stereocenters. The van der Waals surface area contributed by atoms with E-state index in [0.717, 1.165) is 0 Å². The number of rotatable bonds is 0. The van der Waals surface area contributed by atoms with Crippen molar-refractivity contribution in [2.45, 2.75) is 26.2 Å². The second-order valence-corrected chi connectivity index (χ2v) is 4.18. The van der Waals surface area contributed by atoms with Crippen LogP contribution in [0.4, 0.5) is 5.69 Å². The quantitative estimate of drug-likeness (QED) is 0.325. The van der Waals surface area contributed by atoms with Crippen LogP contribution in [0.2, 0.25) is 0 Å². The molecule has 0 saturated heterocycles. The average Bonchev–Trinajstić information content (AvgIpc) is 1.94. The van der Waals surface area contributed by atoms with Crippen LogP contribution in [0.3, 0.4) is 0 Å². The van der Waals surface area contributed by atoms with E-state index in [1.165, 1.54) is 12.1 Å². The predicted molar refractivity (Wildman–Crippen MR) is 52.9 cm³/mol. The Morgan fingerprint density at radius 3 is 2.15 bits per heavy atom. The van der Waals surface area contributed by atoms with Crippen molar-refractivity contribution >= 4 is 5.69 Å². The molecule has 0 bridgehead atoms. The zero-order valence-electron chi connectivity index (χ0n) is 8.13. The van der Waals surface area contributed by atoms with Crippen LogP contribution in [0.5, 0.6) is 11.5 Å². The normalized spacial score (nSPS) is 11.6. The molecule has 1 aromatic rings. The number of nitrogens with two attached hydrogens (primary N) is 1. The number of phenols is 2. The minimum absolute atomic E-state index is 0.0605. The summed E-state index contributed by atoms with van der Waals surface area (Å²) in [6, 6.07) is 2.87. The van der Waals surface area contributed by atoms with E-state index in [9.17, 15) is 10.2 Å². The van der Waals surface area contributed by atoms with Gasteiger partial charge < -0.3 is 15.9 Å². The molecule has 0 aliphatic heterocycles. The van der Waals surface area contributed by atoms with Gasteiger partial charge in [0.2, 0.25) is 0 Å². The van der Waals surface area contributed by atoms with Gasteiger partial charge in [-0.25, -0.2) is 0 Å². The van der Waals surface area contributed by atoms with Gasteiger partial charge in [0, 0.05) is 11.6 Å². The smallest absolute Gasteiger partial charge is 0.142 e. The third kappa shape index (κ3) is 1.86. The van der Waals surface area contributed by atoms with Crippen molar-refractivity contribution in [3.8, 4) is 11.5 Å². The minimum Gasteiger partial charge on any atom is -0.508 e. The van der Waals surface area contributed by atoms with E-state index < -0.39 is 0 Å². The standard InChI is InChI=1S/C10H15NO2/c1-10(2,3)7-4-6(12)5-8(11)9(7)13/h4-5,12-13H,11H2,1-3H3. The molecule has 13 heavy (non-hydrogen) atoms. The molecule has 72 valence electrons. The molecule has 0 amide bonds. The molecule has 0 radical (unpaired) electrons. The Hall–Kier alpha value is -1.38. The molecule has 0 fully saturated rings. The molecular weight excluding hydrogens is 166 g/mol. The van der Waals surface area contributed by atoms with Gasteiger partial charge in [-0.05, 0) is 11.5 Å². The highest BCUT2D eigenvalue weighted by Gasteiger charge is 2.20. The van der Waals surface area contributed by atoms with Crippen LogP contribution in [-0.4, -0.2) is 10.2 Å². The Bertz CT molecular complexity index is 326. The van der Waals surface area contributed by atoms with Gasteiger partial charge in [0.15, 0.2) is 0 Å². The van der Waals surface area contributed by atoms with E-state index in [1.807, 2.05) is 20.8 Å². The van der Waals surface area contributed by atoms with Crippen molar-refractivity contribution < 1.29 is 10.2 Å². The molecule has 3 heteroatoms. The summed E-state index contributed by atoms with van der Waals surface area (Å²) in [6.07, 6.45) is 0. The zero-order valence-corrected chi connectivity index (χ0v) is 8.13. The molecule has 0 unspecified atom stereocenters. The number of benzene rings is 1. The van der Waals surface area contributed by atoms with Gasteiger partial charge in [0.1, 0.15) is 11.5 Å². The first-order chi connectivity index (χ1) is 5.82. The molecule has 1 rings (SSSR count). The number of hydrogen-bond donors (Lipinski definition) is 3. The van der Waals surface area contributed by atoms with Crippen LogP contribution in [0.25, 0.3) is 0 Å². The highest BCUT2D eigenvalue weighted by atomic mass is 16.3. The predicted octanol–water partition coefficient (Wildman–Crippen LogP) is 1.98. The summed E-state index contributed by atoms with van der Waals surface area (Å²) >= 11 is 0. The van der Waals surface area contributed by atoms with Crippen molar-refractivity contribution in [2.75, 3.05) is 5.73 Å². The van der Waals surface area contributed by atoms with E-state index in [-0.39, 0.29) is 22.6 Å². The summed E-state index contributed by atoms with van der Waals surface area (Å²) in [6.45, 7) is 5.84. The van der Waals surface area contributed by atoms with Crippen LogP contribution in [0, 0.1) is 0 Å². The lowest BCUT2D eigenvalue weighted by atomic mass is 9.86. The molecule has 4 N–H and O–H groups in total. The summed E-state index contributed by atoms with van der Waals surface area (Å²) in [5.41, 5.74) is 6.15. The lowest BCUT2D eigenvalue weighted by Crippen LogP contribution is -2.11. The lowest BCUT2D eigenvalue weighted by Gasteiger charge is -2.21. The van der Waals surface area contributed by atoms with E-state index in [4.69, 9.17) is 5.73 Å². The van der Waals surface area contributed by atoms with E-state index >= 15 is 0 Å². The monoisotopic (exact) mass is 181 g/mol. The Kier molecular flexibility index (Phi) is 2.12. The van der Waals surface area contributed by atoms with Crippen molar-refractivity contribution in [1.29, 1.82) is 0 Å². The Morgan fingerprint density at radius 2 is 1.69 bits per heavy atom. The Labute approximate surface area is 77.8 Å². The maximum atomic E-state index is 9.62. The average molecular weight is 181 g/mol. The number of aromatic hydroxyl groups is 2. The van der Waals surface area contributed by atoms with Crippen LogP contribution >= 0.6 is 0 Å². The van der Waals surface area contributed by atoms with Crippen molar-refractivity contribution in [1.82, 2.24) is 0 Å². The third-order valence-corrected chi connectivity index (χ3v) is 1.93. The molecule has 0 saturated carbocycles. The van der Waals surface area contributed by atoms with Crippen LogP contribution in [0.15, 0.2) is 12.1 Å². The van der Waals surface area contributed by atoms with Gasteiger partial charge >= 0.3 is 0 Å². The third-order valence-electron chi connectivity index (χ3n) is 1.93. The summed E-state index contributed by atoms with van der Waals surface area (Å²) in [4.78, 5) is 0. The topological polar surface area (TPSA) is 66.5 Å². The molecule has 0 heterocycles. The van der Waals surface area contributed by atoms with E-state index in [0.29, 0.717) is 5.56 Å². The fourth-order valence-electron chi connectivity index (χ4n) is 1.21. The Morgan fingerprint density at radius 1 is 1.15 bits per heavy atom. The van der Waals surface area contributed by atoms with Gasteiger partial charge in [-0.3, -0.25) is 0 Å². The van der Waals surface area contributed by atoms with Crippen LogP contribution in [0.1, 0.15) is 26.3 Å². The largest absolute Gasteiger partial charge is 0.508 e. The first-order valence-electron chi connectivity index (χ1n) is 4.14. The fraction of sp³-hybridized carbons (Fsp3) is 0.400. The zero-order chi connectivity index (χ0) is 10.2.